The zero-order valence-corrected chi connectivity index (χ0v) is 13.0. The van der Waals surface area contributed by atoms with Gasteiger partial charge in [-0.25, -0.2) is 12.8 Å². The van der Waals surface area contributed by atoms with Crippen LogP contribution >= 0.6 is 0 Å². The van der Waals surface area contributed by atoms with Crippen LogP contribution < -0.4 is 4.72 Å². The second-order valence-corrected chi connectivity index (χ2v) is 6.72. The normalized spacial score (nSPS) is 11.4. The third-order valence-corrected chi connectivity index (χ3v) is 4.80. The molecular weight excluding hydrogens is 335 g/mol. The molecule has 0 spiro atoms. The molecule has 3 aromatic carbocycles. The first-order valence-electron chi connectivity index (χ1n) is 6.82. The van der Waals surface area contributed by atoms with Gasteiger partial charge in [-0.3, -0.25) is 14.8 Å². The second kappa shape index (κ2) is 5.89. The maximum absolute atomic E-state index is 13.8. The van der Waals surface area contributed by atoms with Crippen molar-refractivity contribution >= 4 is 32.2 Å². The molecule has 0 saturated carbocycles. The third kappa shape index (κ3) is 3.04. The van der Waals surface area contributed by atoms with Crippen LogP contribution in [-0.4, -0.2) is 13.3 Å². The largest absolute Gasteiger partial charge is 0.276 e. The molecule has 0 amide bonds. The standard InChI is InChI=1S/C16H11FN2O4S/c17-15-8-6-13(19(20)21)10-16(15)18-24(22,23)14-7-5-11-3-1-2-4-12(11)9-14/h1-10,18H. The first kappa shape index (κ1) is 15.9. The molecule has 0 bridgehead atoms. The zero-order chi connectivity index (χ0) is 17.3. The number of rotatable bonds is 4. The maximum atomic E-state index is 13.8. The lowest BCUT2D eigenvalue weighted by molar-refractivity contribution is -0.384. The highest BCUT2D eigenvalue weighted by molar-refractivity contribution is 7.92. The fourth-order valence-corrected chi connectivity index (χ4v) is 3.34. The summed E-state index contributed by atoms with van der Waals surface area (Å²) >= 11 is 0. The van der Waals surface area contributed by atoms with Crippen molar-refractivity contribution in [2.45, 2.75) is 4.90 Å². The van der Waals surface area contributed by atoms with E-state index in [1.807, 2.05) is 12.1 Å². The summed E-state index contributed by atoms with van der Waals surface area (Å²) in [6, 6.07) is 14.3. The van der Waals surface area contributed by atoms with Crippen LogP contribution in [0.5, 0.6) is 0 Å². The quantitative estimate of drug-likeness (QED) is 0.576. The number of benzene rings is 3. The second-order valence-electron chi connectivity index (χ2n) is 5.04. The first-order chi connectivity index (χ1) is 11.4. The summed E-state index contributed by atoms with van der Waals surface area (Å²) in [6.45, 7) is 0. The van der Waals surface area contributed by atoms with Crippen LogP contribution in [0, 0.1) is 15.9 Å². The molecular formula is C16H11FN2O4S. The lowest BCUT2D eigenvalue weighted by atomic mass is 10.1. The Labute approximate surface area is 136 Å². The van der Waals surface area contributed by atoms with Crippen LogP contribution in [0.4, 0.5) is 15.8 Å². The number of nitrogens with one attached hydrogen (secondary N) is 1. The molecule has 3 rings (SSSR count). The smallest absolute Gasteiger partial charge is 0.271 e. The Kier molecular flexibility index (Phi) is 3.90. The van der Waals surface area contributed by atoms with Gasteiger partial charge >= 0.3 is 0 Å². The Morgan fingerprint density at radius 1 is 0.958 bits per heavy atom. The van der Waals surface area contributed by atoms with E-state index in [9.17, 15) is 22.9 Å². The van der Waals surface area contributed by atoms with E-state index in [2.05, 4.69) is 4.72 Å². The number of sulfonamides is 1. The predicted molar refractivity (Wildman–Crippen MR) is 87.8 cm³/mol. The maximum Gasteiger partial charge on any atom is 0.271 e. The summed E-state index contributed by atoms with van der Waals surface area (Å²) in [4.78, 5) is 9.96. The number of hydrogen-bond donors (Lipinski definition) is 1. The van der Waals surface area contributed by atoms with Gasteiger partial charge < -0.3 is 0 Å². The summed E-state index contributed by atoms with van der Waals surface area (Å²) in [5, 5.41) is 12.3. The lowest BCUT2D eigenvalue weighted by Crippen LogP contribution is -2.14. The fraction of sp³-hybridized carbons (Fsp3) is 0. The van der Waals surface area contributed by atoms with Crippen molar-refractivity contribution in [3.63, 3.8) is 0 Å². The highest BCUT2D eigenvalue weighted by Crippen LogP contribution is 2.25. The van der Waals surface area contributed by atoms with Crippen LogP contribution in [0.25, 0.3) is 10.8 Å². The summed E-state index contributed by atoms with van der Waals surface area (Å²) in [7, 11) is -4.08. The Balaban J connectivity index is 2.01. The van der Waals surface area contributed by atoms with Gasteiger partial charge in [0, 0.05) is 12.1 Å². The summed E-state index contributed by atoms with van der Waals surface area (Å²) in [5.74, 6) is -0.898. The van der Waals surface area contributed by atoms with E-state index < -0.39 is 32.1 Å². The zero-order valence-electron chi connectivity index (χ0n) is 12.1. The van der Waals surface area contributed by atoms with Crippen LogP contribution in [0.3, 0.4) is 0 Å². The van der Waals surface area contributed by atoms with Gasteiger partial charge in [-0.05, 0) is 29.0 Å². The van der Waals surface area contributed by atoms with Crippen molar-refractivity contribution in [2.75, 3.05) is 4.72 Å². The number of anilines is 1. The number of nitro benzene ring substituents is 1. The minimum absolute atomic E-state index is 0.0629. The van der Waals surface area contributed by atoms with E-state index in [1.54, 1.807) is 18.2 Å². The van der Waals surface area contributed by atoms with Crippen molar-refractivity contribution in [2.24, 2.45) is 0 Å². The molecule has 0 aliphatic rings. The van der Waals surface area contributed by atoms with E-state index in [-0.39, 0.29) is 4.90 Å². The number of halogens is 1. The van der Waals surface area contributed by atoms with E-state index >= 15 is 0 Å². The predicted octanol–water partition coefficient (Wildman–Crippen LogP) is 3.69. The molecule has 1 N–H and O–H groups in total. The molecule has 6 nitrogen and oxygen atoms in total. The van der Waals surface area contributed by atoms with E-state index in [4.69, 9.17) is 0 Å². The van der Waals surface area contributed by atoms with E-state index in [1.165, 1.54) is 12.1 Å². The molecule has 8 heteroatoms. The third-order valence-electron chi connectivity index (χ3n) is 3.44. The van der Waals surface area contributed by atoms with Crippen molar-refractivity contribution in [1.82, 2.24) is 0 Å². The number of hydrogen-bond acceptors (Lipinski definition) is 4. The fourth-order valence-electron chi connectivity index (χ4n) is 2.24. The molecule has 0 saturated heterocycles. The Hall–Kier alpha value is -3.00. The average molecular weight is 346 g/mol. The molecule has 0 aliphatic heterocycles. The molecule has 3 aromatic rings. The van der Waals surface area contributed by atoms with Crippen LogP contribution in [-0.2, 0) is 10.0 Å². The monoisotopic (exact) mass is 346 g/mol. The van der Waals surface area contributed by atoms with Gasteiger partial charge in [0.05, 0.1) is 15.5 Å². The molecule has 24 heavy (non-hydrogen) atoms. The van der Waals surface area contributed by atoms with Gasteiger partial charge in [-0.2, -0.15) is 0 Å². The molecule has 0 aromatic heterocycles. The number of fused-ring (bicyclic) bond motifs is 1. The highest BCUT2D eigenvalue weighted by atomic mass is 32.2. The molecule has 0 aliphatic carbocycles. The molecule has 0 atom stereocenters. The van der Waals surface area contributed by atoms with Crippen LogP contribution in [0.2, 0.25) is 0 Å². The summed E-state index contributed by atoms with van der Waals surface area (Å²) in [6.07, 6.45) is 0. The van der Waals surface area contributed by atoms with Gasteiger partial charge in [0.15, 0.2) is 0 Å². The van der Waals surface area contributed by atoms with Gasteiger partial charge in [0.1, 0.15) is 5.82 Å². The average Bonchev–Trinajstić information content (AvgIpc) is 2.56. The van der Waals surface area contributed by atoms with E-state index in [0.717, 1.165) is 23.6 Å². The minimum Gasteiger partial charge on any atom is -0.276 e. The lowest BCUT2D eigenvalue weighted by Gasteiger charge is -2.09. The van der Waals surface area contributed by atoms with Crippen LogP contribution in [0.1, 0.15) is 0 Å². The molecule has 0 radical (unpaired) electrons. The highest BCUT2D eigenvalue weighted by Gasteiger charge is 2.19. The van der Waals surface area contributed by atoms with Gasteiger partial charge in [0.2, 0.25) is 0 Å². The Bertz CT molecular complexity index is 1050. The first-order valence-corrected chi connectivity index (χ1v) is 8.31. The number of nitrogens with zero attached hydrogens (tertiary/aromatic N) is 1. The van der Waals surface area contributed by atoms with Crippen molar-refractivity contribution in [1.29, 1.82) is 0 Å². The number of non-ortho nitro benzene ring substituents is 1. The molecule has 122 valence electrons. The van der Waals surface area contributed by atoms with E-state index in [0.29, 0.717) is 5.39 Å². The Morgan fingerprint density at radius 2 is 1.67 bits per heavy atom. The molecule has 0 fully saturated rings. The van der Waals surface area contributed by atoms with Crippen molar-refractivity contribution in [3.8, 4) is 0 Å². The Morgan fingerprint density at radius 3 is 2.38 bits per heavy atom. The van der Waals surface area contributed by atoms with Gasteiger partial charge in [-0.1, -0.05) is 30.3 Å². The summed E-state index contributed by atoms with van der Waals surface area (Å²) < 4.78 is 40.7. The molecule has 0 heterocycles. The number of nitro groups is 1. The van der Waals surface area contributed by atoms with Gasteiger partial charge in [0.25, 0.3) is 15.7 Å². The summed E-state index contributed by atoms with van der Waals surface area (Å²) in [5.41, 5.74) is -0.884. The van der Waals surface area contributed by atoms with Gasteiger partial charge in [-0.15, -0.1) is 0 Å². The van der Waals surface area contributed by atoms with Crippen LogP contribution in [0.15, 0.2) is 65.6 Å². The topological polar surface area (TPSA) is 89.3 Å². The SMILES string of the molecule is O=[N+]([O-])c1ccc(F)c(NS(=O)(=O)c2ccc3ccccc3c2)c1. The minimum atomic E-state index is -4.08. The van der Waals surface area contributed by atoms with Crippen molar-refractivity contribution < 1.29 is 17.7 Å². The molecule has 0 unspecified atom stereocenters. The van der Waals surface area contributed by atoms with Crippen molar-refractivity contribution in [3.05, 3.63) is 76.6 Å².